The minimum absolute atomic E-state index is 0.634. The van der Waals surface area contributed by atoms with E-state index in [9.17, 15) is 0 Å². The number of nitrogens with zero attached hydrogens (tertiary/aromatic N) is 4. The van der Waals surface area contributed by atoms with E-state index in [-0.39, 0.29) is 0 Å². The first kappa shape index (κ1) is 12.3. The zero-order chi connectivity index (χ0) is 13.0. The SMILES string of the molecule is CNc1nc(C)cc(NCCc2nccn2C)n1. The number of nitrogens with one attached hydrogen (secondary N) is 2. The second-order valence-corrected chi connectivity index (χ2v) is 4.10. The van der Waals surface area contributed by atoms with Crippen molar-refractivity contribution in [2.45, 2.75) is 13.3 Å². The van der Waals surface area contributed by atoms with Gasteiger partial charge >= 0.3 is 0 Å². The number of aryl methyl sites for hydroxylation is 2. The van der Waals surface area contributed by atoms with Crippen molar-refractivity contribution in [3.05, 3.63) is 30.0 Å². The summed E-state index contributed by atoms with van der Waals surface area (Å²) in [7, 11) is 3.81. The molecule has 0 aromatic carbocycles. The number of hydrogen-bond donors (Lipinski definition) is 2. The van der Waals surface area contributed by atoms with Gasteiger partial charge in [-0.25, -0.2) is 9.97 Å². The van der Waals surface area contributed by atoms with Crippen molar-refractivity contribution in [2.24, 2.45) is 7.05 Å². The lowest BCUT2D eigenvalue weighted by Crippen LogP contribution is -2.11. The van der Waals surface area contributed by atoms with Gasteiger partial charge in [0.15, 0.2) is 0 Å². The van der Waals surface area contributed by atoms with E-state index >= 15 is 0 Å². The molecule has 2 aromatic rings. The molecule has 0 bridgehead atoms. The molecule has 0 amide bonds. The van der Waals surface area contributed by atoms with Gasteiger partial charge in [-0.15, -0.1) is 0 Å². The Hall–Kier alpha value is -2.11. The summed E-state index contributed by atoms with van der Waals surface area (Å²) >= 11 is 0. The highest BCUT2D eigenvalue weighted by atomic mass is 15.1. The first-order chi connectivity index (χ1) is 8.69. The molecule has 2 rings (SSSR count). The molecule has 0 unspecified atom stereocenters. The third-order valence-corrected chi connectivity index (χ3v) is 2.65. The Bertz CT molecular complexity index is 519. The van der Waals surface area contributed by atoms with Crippen molar-refractivity contribution in [2.75, 3.05) is 24.2 Å². The fourth-order valence-corrected chi connectivity index (χ4v) is 1.71. The van der Waals surface area contributed by atoms with Crippen LogP contribution in [0.3, 0.4) is 0 Å². The van der Waals surface area contributed by atoms with Gasteiger partial charge in [-0.2, -0.15) is 4.98 Å². The Balaban J connectivity index is 1.94. The normalized spacial score (nSPS) is 10.4. The van der Waals surface area contributed by atoms with E-state index in [1.807, 2.05) is 44.0 Å². The maximum atomic E-state index is 4.33. The molecule has 0 aliphatic carbocycles. The molecule has 96 valence electrons. The van der Waals surface area contributed by atoms with Crippen LogP contribution < -0.4 is 10.6 Å². The molecule has 0 fully saturated rings. The number of imidazole rings is 1. The van der Waals surface area contributed by atoms with E-state index < -0.39 is 0 Å². The minimum Gasteiger partial charge on any atom is -0.369 e. The predicted molar refractivity (Wildman–Crippen MR) is 71.7 cm³/mol. The van der Waals surface area contributed by atoms with Gasteiger partial charge in [0, 0.05) is 51.2 Å². The van der Waals surface area contributed by atoms with Crippen molar-refractivity contribution in [1.82, 2.24) is 19.5 Å². The molecule has 18 heavy (non-hydrogen) atoms. The summed E-state index contributed by atoms with van der Waals surface area (Å²) in [6.07, 6.45) is 4.62. The molecule has 6 heteroatoms. The summed E-state index contributed by atoms with van der Waals surface area (Å²) in [4.78, 5) is 12.9. The van der Waals surface area contributed by atoms with Gasteiger partial charge in [0.25, 0.3) is 0 Å². The van der Waals surface area contributed by atoms with Gasteiger partial charge in [0.2, 0.25) is 5.95 Å². The van der Waals surface area contributed by atoms with Gasteiger partial charge in [0.1, 0.15) is 11.6 Å². The molecular formula is C12H18N6. The number of aromatic nitrogens is 4. The van der Waals surface area contributed by atoms with Crippen LogP contribution >= 0.6 is 0 Å². The van der Waals surface area contributed by atoms with Gasteiger partial charge in [-0.1, -0.05) is 0 Å². The third-order valence-electron chi connectivity index (χ3n) is 2.65. The Morgan fingerprint density at radius 1 is 1.33 bits per heavy atom. The fraction of sp³-hybridized carbons (Fsp3) is 0.417. The summed E-state index contributed by atoms with van der Waals surface area (Å²) in [6, 6.07) is 1.93. The maximum Gasteiger partial charge on any atom is 0.224 e. The predicted octanol–water partition coefficient (Wildman–Crippen LogP) is 1.21. The summed E-state index contributed by atoms with van der Waals surface area (Å²) in [6.45, 7) is 2.75. The lowest BCUT2D eigenvalue weighted by molar-refractivity contribution is 0.788. The first-order valence-electron chi connectivity index (χ1n) is 5.92. The smallest absolute Gasteiger partial charge is 0.224 e. The molecule has 0 aliphatic heterocycles. The largest absolute Gasteiger partial charge is 0.369 e. The maximum absolute atomic E-state index is 4.33. The first-order valence-corrected chi connectivity index (χ1v) is 5.92. The zero-order valence-corrected chi connectivity index (χ0v) is 10.9. The van der Waals surface area contributed by atoms with E-state index in [1.54, 1.807) is 0 Å². The molecule has 0 aliphatic rings. The zero-order valence-electron chi connectivity index (χ0n) is 10.9. The van der Waals surface area contributed by atoms with Gasteiger partial charge in [-0.3, -0.25) is 0 Å². The van der Waals surface area contributed by atoms with Crippen LogP contribution in [0.4, 0.5) is 11.8 Å². The second kappa shape index (κ2) is 5.48. The van der Waals surface area contributed by atoms with Crippen molar-refractivity contribution in [3.8, 4) is 0 Å². The molecule has 0 saturated heterocycles. The van der Waals surface area contributed by atoms with Crippen molar-refractivity contribution in [3.63, 3.8) is 0 Å². The van der Waals surface area contributed by atoms with Crippen LogP contribution in [0, 0.1) is 6.92 Å². The van der Waals surface area contributed by atoms with Gasteiger partial charge in [0.05, 0.1) is 0 Å². The summed E-state index contributed by atoms with van der Waals surface area (Å²) < 4.78 is 2.02. The topological polar surface area (TPSA) is 67.7 Å². The Morgan fingerprint density at radius 2 is 2.17 bits per heavy atom. The van der Waals surface area contributed by atoms with Gasteiger partial charge in [-0.05, 0) is 6.92 Å². The Morgan fingerprint density at radius 3 is 2.83 bits per heavy atom. The van der Waals surface area contributed by atoms with Crippen LogP contribution in [0.5, 0.6) is 0 Å². The number of rotatable bonds is 5. The summed E-state index contributed by atoms with van der Waals surface area (Å²) in [5.41, 5.74) is 0.939. The molecule has 0 saturated carbocycles. The summed E-state index contributed by atoms with van der Waals surface area (Å²) in [5, 5.41) is 6.22. The van der Waals surface area contributed by atoms with Crippen LogP contribution in [0.1, 0.15) is 11.5 Å². The number of hydrogen-bond acceptors (Lipinski definition) is 5. The van der Waals surface area contributed by atoms with E-state index in [0.717, 1.165) is 30.3 Å². The molecule has 0 radical (unpaired) electrons. The van der Waals surface area contributed by atoms with Crippen LogP contribution in [0.2, 0.25) is 0 Å². The Kier molecular flexibility index (Phi) is 3.76. The molecule has 2 N–H and O–H groups in total. The highest BCUT2D eigenvalue weighted by Gasteiger charge is 2.02. The van der Waals surface area contributed by atoms with Crippen molar-refractivity contribution >= 4 is 11.8 Å². The van der Waals surface area contributed by atoms with Crippen LogP contribution in [0.25, 0.3) is 0 Å². The highest BCUT2D eigenvalue weighted by Crippen LogP contribution is 2.09. The second-order valence-electron chi connectivity index (χ2n) is 4.10. The molecule has 2 heterocycles. The molecule has 0 spiro atoms. The average molecular weight is 246 g/mol. The van der Waals surface area contributed by atoms with E-state index in [1.165, 1.54) is 0 Å². The highest BCUT2D eigenvalue weighted by molar-refractivity contribution is 5.41. The molecule has 2 aromatic heterocycles. The Labute approximate surface area is 106 Å². The quantitative estimate of drug-likeness (QED) is 0.830. The van der Waals surface area contributed by atoms with Crippen LogP contribution in [-0.4, -0.2) is 33.1 Å². The number of anilines is 2. The third kappa shape index (κ3) is 2.97. The lowest BCUT2D eigenvalue weighted by Gasteiger charge is -2.08. The molecule has 6 nitrogen and oxygen atoms in total. The van der Waals surface area contributed by atoms with Crippen molar-refractivity contribution < 1.29 is 0 Å². The minimum atomic E-state index is 0.634. The molecular weight excluding hydrogens is 228 g/mol. The van der Waals surface area contributed by atoms with Crippen LogP contribution in [-0.2, 0) is 13.5 Å². The van der Waals surface area contributed by atoms with E-state index in [0.29, 0.717) is 5.95 Å². The van der Waals surface area contributed by atoms with Crippen molar-refractivity contribution in [1.29, 1.82) is 0 Å². The lowest BCUT2D eigenvalue weighted by atomic mass is 10.3. The molecule has 0 atom stereocenters. The monoisotopic (exact) mass is 246 g/mol. The fourth-order valence-electron chi connectivity index (χ4n) is 1.71. The average Bonchev–Trinajstić information content (AvgIpc) is 2.74. The van der Waals surface area contributed by atoms with Crippen LogP contribution in [0.15, 0.2) is 18.5 Å². The summed E-state index contributed by atoms with van der Waals surface area (Å²) in [5.74, 6) is 2.53. The standard InChI is InChI=1S/C12H18N6/c1-9-8-10(17-12(13-2)16-9)14-5-4-11-15-6-7-18(11)3/h6-8H,4-5H2,1-3H3,(H2,13,14,16,17). The van der Waals surface area contributed by atoms with E-state index in [2.05, 4.69) is 25.6 Å². The van der Waals surface area contributed by atoms with E-state index in [4.69, 9.17) is 0 Å². The van der Waals surface area contributed by atoms with Gasteiger partial charge < -0.3 is 15.2 Å².